The third-order valence-corrected chi connectivity index (χ3v) is 2.59. The second-order valence-corrected chi connectivity index (χ2v) is 5.67. The smallest absolute Gasteiger partial charge is 0.264 e. The van der Waals surface area contributed by atoms with Crippen molar-refractivity contribution >= 4 is 10.1 Å². The molecular formula is C8H16O4S. The SMILES string of the molecule is CC1(C)CC[C@@H](COS(C)(=O)=O)O1. The van der Waals surface area contributed by atoms with Gasteiger partial charge in [0.25, 0.3) is 10.1 Å². The zero-order valence-electron chi connectivity index (χ0n) is 8.24. The molecule has 13 heavy (non-hydrogen) atoms. The highest BCUT2D eigenvalue weighted by Crippen LogP contribution is 2.29. The van der Waals surface area contributed by atoms with Gasteiger partial charge in [0.2, 0.25) is 0 Å². The number of hydrogen-bond donors (Lipinski definition) is 0. The maximum atomic E-state index is 10.7. The molecule has 1 rings (SSSR count). The normalized spacial score (nSPS) is 27.8. The Kier molecular flexibility index (Phi) is 2.99. The number of rotatable bonds is 3. The van der Waals surface area contributed by atoms with Gasteiger partial charge in [0, 0.05) is 0 Å². The van der Waals surface area contributed by atoms with E-state index in [4.69, 9.17) is 4.74 Å². The molecule has 0 saturated carbocycles. The highest BCUT2D eigenvalue weighted by atomic mass is 32.2. The van der Waals surface area contributed by atoms with Crippen LogP contribution in [0.25, 0.3) is 0 Å². The Morgan fingerprint density at radius 3 is 2.54 bits per heavy atom. The molecule has 0 N–H and O–H groups in total. The first kappa shape index (κ1) is 10.9. The van der Waals surface area contributed by atoms with Crippen molar-refractivity contribution < 1.29 is 17.3 Å². The number of hydrogen-bond acceptors (Lipinski definition) is 4. The zero-order chi connectivity index (χ0) is 10.1. The number of ether oxygens (including phenoxy) is 1. The van der Waals surface area contributed by atoms with Crippen LogP contribution in [0.4, 0.5) is 0 Å². The van der Waals surface area contributed by atoms with Gasteiger partial charge in [-0.15, -0.1) is 0 Å². The second-order valence-electron chi connectivity index (χ2n) is 4.03. The molecule has 0 aliphatic carbocycles. The van der Waals surface area contributed by atoms with E-state index in [2.05, 4.69) is 4.18 Å². The molecule has 0 unspecified atom stereocenters. The van der Waals surface area contributed by atoms with Crippen molar-refractivity contribution in [1.82, 2.24) is 0 Å². The summed E-state index contributed by atoms with van der Waals surface area (Å²) < 4.78 is 31.6. The van der Waals surface area contributed by atoms with E-state index in [9.17, 15) is 8.42 Å². The van der Waals surface area contributed by atoms with E-state index in [1.165, 1.54) is 0 Å². The summed E-state index contributed by atoms with van der Waals surface area (Å²) in [6, 6.07) is 0. The quantitative estimate of drug-likeness (QED) is 0.647. The summed E-state index contributed by atoms with van der Waals surface area (Å²) in [4.78, 5) is 0. The van der Waals surface area contributed by atoms with Gasteiger partial charge in [-0.3, -0.25) is 4.18 Å². The van der Waals surface area contributed by atoms with Crippen LogP contribution in [0.5, 0.6) is 0 Å². The van der Waals surface area contributed by atoms with Crippen LogP contribution in [-0.4, -0.2) is 33.0 Å². The molecule has 0 aromatic carbocycles. The summed E-state index contributed by atoms with van der Waals surface area (Å²) >= 11 is 0. The van der Waals surface area contributed by atoms with E-state index >= 15 is 0 Å². The molecular weight excluding hydrogens is 192 g/mol. The first-order chi connectivity index (χ1) is 5.79. The molecule has 1 aliphatic rings. The Morgan fingerprint density at radius 2 is 2.15 bits per heavy atom. The maximum absolute atomic E-state index is 10.7. The van der Waals surface area contributed by atoms with E-state index in [1.54, 1.807) is 0 Å². The summed E-state index contributed by atoms with van der Waals surface area (Å²) in [5.41, 5.74) is -0.133. The van der Waals surface area contributed by atoms with Crippen LogP contribution in [0, 0.1) is 0 Å². The average molecular weight is 208 g/mol. The minimum absolute atomic E-state index is 0.0790. The molecule has 1 fully saturated rings. The molecule has 78 valence electrons. The van der Waals surface area contributed by atoms with Crippen molar-refractivity contribution in [3.05, 3.63) is 0 Å². The molecule has 0 bridgehead atoms. The first-order valence-corrected chi connectivity index (χ1v) is 6.12. The van der Waals surface area contributed by atoms with Gasteiger partial charge < -0.3 is 4.74 Å². The van der Waals surface area contributed by atoms with Crippen LogP contribution < -0.4 is 0 Å². The van der Waals surface area contributed by atoms with Crippen molar-refractivity contribution in [1.29, 1.82) is 0 Å². The lowest BCUT2D eigenvalue weighted by Crippen LogP contribution is -2.23. The van der Waals surface area contributed by atoms with Crippen molar-refractivity contribution in [2.45, 2.75) is 38.4 Å². The van der Waals surface area contributed by atoms with Gasteiger partial charge in [0.1, 0.15) is 0 Å². The van der Waals surface area contributed by atoms with E-state index in [1.807, 2.05) is 13.8 Å². The highest BCUT2D eigenvalue weighted by Gasteiger charge is 2.32. The summed E-state index contributed by atoms with van der Waals surface area (Å²) in [5, 5.41) is 0. The lowest BCUT2D eigenvalue weighted by Gasteiger charge is -2.18. The Labute approximate surface area is 79.3 Å². The average Bonchev–Trinajstić information content (AvgIpc) is 2.24. The third kappa shape index (κ3) is 4.06. The van der Waals surface area contributed by atoms with E-state index in [0.29, 0.717) is 0 Å². The van der Waals surface area contributed by atoms with Gasteiger partial charge in [0.15, 0.2) is 0 Å². The Morgan fingerprint density at radius 1 is 1.54 bits per heavy atom. The molecule has 0 spiro atoms. The fraction of sp³-hybridized carbons (Fsp3) is 1.00. The minimum atomic E-state index is -3.33. The molecule has 0 radical (unpaired) electrons. The second kappa shape index (κ2) is 3.55. The van der Waals surface area contributed by atoms with Crippen molar-refractivity contribution in [2.75, 3.05) is 12.9 Å². The molecule has 1 heterocycles. The molecule has 0 aromatic rings. The van der Waals surface area contributed by atoms with E-state index in [-0.39, 0.29) is 18.3 Å². The largest absolute Gasteiger partial charge is 0.370 e. The third-order valence-electron chi connectivity index (χ3n) is 2.02. The lowest BCUT2D eigenvalue weighted by molar-refractivity contribution is -0.0317. The van der Waals surface area contributed by atoms with Crippen LogP contribution in [0.2, 0.25) is 0 Å². The van der Waals surface area contributed by atoms with Crippen molar-refractivity contribution in [3.8, 4) is 0 Å². The molecule has 1 atom stereocenters. The zero-order valence-corrected chi connectivity index (χ0v) is 9.06. The fourth-order valence-electron chi connectivity index (χ4n) is 1.39. The van der Waals surface area contributed by atoms with Gasteiger partial charge in [-0.1, -0.05) is 0 Å². The van der Waals surface area contributed by atoms with Gasteiger partial charge in [-0.2, -0.15) is 8.42 Å². The maximum Gasteiger partial charge on any atom is 0.264 e. The molecule has 4 nitrogen and oxygen atoms in total. The van der Waals surface area contributed by atoms with Crippen LogP contribution in [-0.2, 0) is 19.0 Å². The molecule has 0 aromatic heterocycles. The first-order valence-electron chi connectivity index (χ1n) is 4.31. The summed E-state index contributed by atoms with van der Waals surface area (Å²) in [6.07, 6.45) is 2.78. The lowest BCUT2D eigenvalue weighted by atomic mass is 10.1. The van der Waals surface area contributed by atoms with E-state index in [0.717, 1.165) is 19.1 Å². The van der Waals surface area contributed by atoms with Crippen molar-refractivity contribution in [3.63, 3.8) is 0 Å². The van der Waals surface area contributed by atoms with Crippen LogP contribution in [0.15, 0.2) is 0 Å². The Hall–Kier alpha value is -0.130. The Bertz CT molecular complexity index is 268. The summed E-state index contributed by atoms with van der Waals surface area (Å²) in [5.74, 6) is 0. The summed E-state index contributed by atoms with van der Waals surface area (Å²) in [7, 11) is -3.33. The highest BCUT2D eigenvalue weighted by molar-refractivity contribution is 7.85. The van der Waals surface area contributed by atoms with Gasteiger partial charge in [-0.05, 0) is 26.7 Å². The van der Waals surface area contributed by atoms with E-state index < -0.39 is 10.1 Å². The molecule has 1 saturated heterocycles. The van der Waals surface area contributed by atoms with Gasteiger partial charge in [-0.25, -0.2) is 0 Å². The summed E-state index contributed by atoms with van der Waals surface area (Å²) in [6.45, 7) is 4.13. The topological polar surface area (TPSA) is 52.6 Å². The van der Waals surface area contributed by atoms with Crippen LogP contribution in [0.1, 0.15) is 26.7 Å². The van der Waals surface area contributed by atoms with Crippen LogP contribution >= 0.6 is 0 Å². The minimum Gasteiger partial charge on any atom is -0.370 e. The van der Waals surface area contributed by atoms with Gasteiger partial charge in [0.05, 0.1) is 24.6 Å². The monoisotopic (exact) mass is 208 g/mol. The molecule has 1 aliphatic heterocycles. The van der Waals surface area contributed by atoms with Crippen LogP contribution in [0.3, 0.4) is 0 Å². The predicted molar refractivity (Wildman–Crippen MR) is 49.0 cm³/mol. The molecule has 5 heteroatoms. The standard InChI is InChI=1S/C8H16O4S/c1-8(2)5-4-7(12-8)6-11-13(3,9)10/h7H,4-6H2,1-3H3/t7-/m0/s1. The van der Waals surface area contributed by atoms with Gasteiger partial charge >= 0.3 is 0 Å². The Balaban J connectivity index is 2.34. The fourth-order valence-corrected chi connectivity index (χ4v) is 1.79. The van der Waals surface area contributed by atoms with Crippen molar-refractivity contribution in [2.24, 2.45) is 0 Å². The predicted octanol–water partition coefficient (Wildman–Crippen LogP) is 0.920. The molecule has 0 amide bonds.